The summed E-state index contributed by atoms with van der Waals surface area (Å²) in [7, 11) is 0. The van der Waals surface area contributed by atoms with E-state index in [1.807, 2.05) is 39.8 Å². The van der Waals surface area contributed by atoms with Crippen molar-refractivity contribution in [2.75, 3.05) is 6.54 Å². The molecule has 0 saturated carbocycles. The van der Waals surface area contributed by atoms with Crippen molar-refractivity contribution >= 4 is 17.4 Å². The van der Waals surface area contributed by atoms with Crippen molar-refractivity contribution in [1.82, 2.24) is 15.1 Å². The lowest BCUT2D eigenvalue weighted by Gasteiger charge is -2.29. The molecule has 130 valence electrons. The first-order valence-electron chi connectivity index (χ1n) is 8.16. The fourth-order valence-corrected chi connectivity index (χ4v) is 3.39. The Morgan fingerprint density at radius 1 is 1.20 bits per heavy atom. The molecular formula is C19H22N4O2. The highest BCUT2D eigenvalue weighted by atomic mass is 16.2. The van der Waals surface area contributed by atoms with Crippen LogP contribution in [0, 0.1) is 13.8 Å². The van der Waals surface area contributed by atoms with Crippen molar-refractivity contribution in [3.63, 3.8) is 0 Å². The quantitative estimate of drug-likeness (QED) is 0.880. The minimum absolute atomic E-state index is 0.168. The molecule has 3 rings (SSSR count). The van der Waals surface area contributed by atoms with Gasteiger partial charge >= 0.3 is 0 Å². The fraction of sp³-hybridized carbons (Fsp3) is 0.316. The van der Waals surface area contributed by atoms with Crippen LogP contribution in [0.5, 0.6) is 0 Å². The fourth-order valence-electron chi connectivity index (χ4n) is 3.39. The number of aromatic amines is 1. The van der Waals surface area contributed by atoms with E-state index in [0.29, 0.717) is 17.8 Å². The monoisotopic (exact) mass is 338 g/mol. The van der Waals surface area contributed by atoms with Crippen LogP contribution in [0.2, 0.25) is 0 Å². The molecule has 2 heterocycles. The number of nitrogens with zero attached hydrogens (tertiary/aromatic N) is 2. The Morgan fingerprint density at radius 3 is 2.44 bits per heavy atom. The largest absolute Gasteiger partial charge is 0.365 e. The molecule has 1 aromatic carbocycles. The van der Waals surface area contributed by atoms with Gasteiger partial charge in [0.15, 0.2) is 0 Å². The number of carbonyl (C=O) groups excluding carboxylic acids is 2. The normalized spacial score (nSPS) is 16.0. The number of primary amides is 1. The van der Waals surface area contributed by atoms with E-state index < -0.39 is 5.91 Å². The highest BCUT2D eigenvalue weighted by Crippen LogP contribution is 2.36. The second-order valence-corrected chi connectivity index (χ2v) is 7.16. The molecule has 25 heavy (non-hydrogen) atoms. The molecule has 0 spiro atoms. The summed E-state index contributed by atoms with van der Waals surface area (Å²) < 4.78 is 0. The number of carbonyl (C=O) groups is 2. The van der Waals surface area contributed by atoms with Gasteiger partial charge in [-0.15, -0.1) is 0 Å². The molecule has 2 amide bonds. The first-order valence-corrected chi connectivity index (χ1v) is 8.16. The van der Waals surface area contributed by atoms with Crippen molar-refractivity contribution in [3.05, 3.63) is 58.5 Å². The van der Waals surface area contributed by atoms with Crippen molar-refractivity contribution in [2.24, 2.45) is 5.73 Å². The van der Waals surface area contributed by atoms with Crippen LogP contribution in [-0.2, 0) is 10.2 Å². The Balaban J connectivity index is 2.10. The zero-order valence-corrected chi connectivity index (χ0v) is 14.9. The van der Waals surface area contributed by atoms with Gasteiger partial charge in [0.2, 0.25) is 0 Å². The van der Waals surface area contributed by atoms with E-state index >= 15 is 0 Å². The molecule has 6 heteroatoms. The molecule has 6 nitrogen and oxygen atoms in total. The number of aryl methyl sites for hydroxylation is 2. The molecule has 3 N–H and O–H groups in total. The van der Waals surface area contributed by atoms with E-state index in [0.717, 1.165) is 16.8 Å². The molecule has 1 aliphatic heterocycles. The number of nitrogens with two attached hydrogens (primary N) is 1. The summed E-state index contributed by atoms with van der Waals surface area (Å²) in [5.41, 5.74) is 9.38. The lowest BCUT2D eigenvalue weighted by atomic mass is 9.82. The number of hydrogen-bond donors (Lipinski definition) is 2. The third kappa shape index (κ3) is 2.95. The van der Waals surface area contributed by atoms with Crippen molar-refractivity contribution in [1.29, 1.82) is 0 Å². The van der Waals surface area contributed by atoms with E-state index in [1.54, 1.807) is 17.0 Å². The van der Waals surface area contributed by atoms with E-state index in [1.165, 1.54) is 6.20 Å². The molecule has 0 saturated heterocycles. The van der Waals surface area contributed by atoms with Gasteiger partial charge in [-0.2, -0.15) is 5.10 Å². The van der Waals surface area contributed by atoms with Gasteiger partial charge in [-0.05, 0) is 26.0 Å². The second-order valence-electron chi connectivity index (χ2n) is 7.16. The number of hydrogen-bond acceptors (Lipinski definition) is 3. The standard InChI is InChI=1S/C19H22N4O2/c1-11-5-7-13(8-6-11)18(25)23-9-14(17(20)24)16-15(12(2)21-22-16)19(3,4)10-23/h5-9H,10H2,1-4H3,(H2,20,24)(H,21,22). The first-order chi connectivity index (χ1) is 11.7. The summed E-state index contributed by atoms with van der Waals surface area (Å²) in [6.45, 7) is 8.35. The molecule has 0 unspecified atom stereocenters. The highest BCUT2D eigenvalue weighted by Gasteiger charge is 2.36. The Hall–Kier alpha value is -2.89. The third-order valence-corrected chi connectivity index (χ3v) is 4.55. The predicted octanol–water partition coefficient (Wildman–Crippen LogP) is 2.29. The molecule has 0 aliphatic carbocycles. The summed E-state index contributed by atoms with van der Waals surface area (Å²) in [6, 6.07) is 7.37. The number of benzene rings is 1. The van der Waals surface area contributed by atoms with Gasteiger partial charge in [-0.25, -0.2) is 0 Å². The minimum atomic E-state index is -0.604. The minimum Gasteiger partial charge on any atom is -0.365 e. The molecule has 1 aromatic heterocycles. The van der Waals surface area contributed by atoms with E-state index in [4.69, 9.17) is 5.73 Å². The van der Waals surface area contributed by atoms with E-state index in [-0.39, 0.29) is 16.9 Å². The molecule has 1 aliphatic rings. The summed E-state index contributed by atoms with van der Waals surface area (Å²) in [5.74, 6) is -0.772. The number of rotatable bonds is 2. The molecule has 0 bridgehead atoms. The Bertz CT molecular complexity index is 875. The van der Waals surface area contributed by atoms with Gasteiger partial charge in [-0.1, -0.05) is 31.5 Å². The zero-order valence-electron chi connectivity index (χ0n) is 14.9. The highest BCUT2D eigenvalue weighted by molar-refractivity contribution is 6.19. The van der Waals surface area contributed by atoms with Crippen LogP contribution in [0.25, 0.3) is 5.57 Å². The smallest absolute Gasteiger partial charge is 0.257 e. The van der Waals surface area contributed by atoms with Crippen molar-refractivity contribution in [3.8, 4) is 0 Å². The molecular weight excluding hydrogens is 316 g/mol. The van der Waals surface area contributed by atoms with Crippen LogP contribution < -0.4 is 5.73 Å². The Morgan fingerprint density at radius 2 is 1.84 bits per heavy atom. The number of H-pyrrole nitrogens is 1. The summed E-state index contributed by atoms with van der Waals surface area (Å²) >= 11 is 0. The number of amides is 2. The molecule has 2 aromatic rings. The lowest BCUT2D eigenvalue weighted by Crippen LogP contribution is -2.37. The number of nitrogens with one attached hydrogen (secondary N) is 1. The van der Waals surface area contributed by atoms with Gasteiger partial charge in [0, 0.05) is 35.0 Å². The van der Waals surface area contributed by atoms with Crippen molar-refractivity contribution < 1.29 is 9.59 Å². The van der Waals surface area contributed by atoms with Gasteiger partial charge in [0.25, 0.3) is 11.8 Å². The predicted molar refractivity (Wildman–Crippen MR) is 95.7 cm³/mol. The van der Waals surface area contributed by atoms with E-state index in [2.05, 4.69) is 10.2 Å². The third-order valence-electron chi connectivity index (χ3n) is 4.55. The lowest BCUT2D eigenvalue weighted by molar-refractivity contribution is -0.112. The number of fused-ring (bicyclic) bond motifs is 1. The maximum Gasteiger partial charge on any atom is 0.257 e. The summed E-state index contributed by atoms with van der Waals surface area (Å²) in [5, 5.41) is 7.19. The average Bonchev–Trinajstić information content (AvgIpc) is 2.87. The zero-order chi connectivity index (χ0) is 18.4. The van der Waals surface area contributed by atoms with Crippen LogP contribution in [0.1, 0.15) is 46.7 Å². The molecule has 0 atom stereocenters. The van der Waals surface area contributed by atoms with Gasteiger partial charge in [0.05, 0.1) is 5.57 Å². The molecule has 0 radical (unpaired) electrons. The number of aromatic nitrogens is 2. The Kier molecular flexibility index (Phi) is 3.99. The maximum absolute atomic E-state index is 13.0. The average molecular weight is 338 g/mol. The van der Waals surface area contributed by atoms with E-state index in [9.17, 15) is 9.59 Å². The summed E-state index contributed by atoms with van der Waals surface area (Å²) in [6.07, 6.45) is 1.53. The van der Waals surface area contributed by atoms with Crippen molar-refractivity contribution in [2.45, 2.75) is 33.1 Å². The van der Waals surface area contributed by atoms with Crippen LogP contribution in [0.4, 0.5) is 0 Å². The van der Waals surface area contributed by atoms with Gasteiger partial charge in [0.1, 0.15) is 5.69 Å². The van der Waals surface area contributed by atoms with Crippen LogP contribution in [0.15, 0.2) is 30.5 Å². The Labute approximate surface area is 146 Å². The molecule has 0 fully saturated rings. The van der Waals surface area contributed by atoms with Gasteiger partial charge in [-0.3, -0.25) is 14.7 Å². The topological polar surface area (TPSA) is 92.1 Å². The maximum atomic E-state index is 13.0. The van der Waals surface area contributed by atoms with Crippen LogP contribution in [-0.4, -0.2) is 33.5 Å². The van der Waals surface area contributed by atoms with Crippen LogP contribution >= 0.6 is 0 Å². The SMILES string of the molecule is Cc1ccc(C(=O)N2C=C(C(N)=O)c3n[nH]c(C)c3C(C)(C)C2)cc1. The summed E-state index contributed by atoms with van der Waals surface area (Å²) in [4.78, 5) is 26.5. The van der Waals surface area contributed by atoms with Gasteiger partial charge < -0.3 is 10.6 Å². The second kappa shape index (κ2) is 5.88. The van der Waals surface area contributed by atoms with Crippen LogP contribution in [0.3, 0.4) is 0 Å². The first kappa shape index (κ1) is 17.0.